The minimum absolute atomic E-state index is 0. The highest BCUT2D eigenvalue weighted by molar-refractivity contribution is 7.89. The van der Waals surface area contributed by atoms with Crippen molar-refractivity contribution in [3.63, 3.8) is 0 Å². The fraction of sp³-hybridized carbons (Fsp3) is 0.419. The van der Waals surface area contributed by atoms with Gasteiger partial charge in [0.2, 0.25) is 15.8 Å². The number of alkyl halides is 3. The second-order valence-electron chi connectivity index (χ2n) is 11.4. The predicted molar refractivity (Wildman–Crippen MR) is 162 cm³/mol. The SMILES string of the molecule is C.Cc1ccc(C(CC(=O)O)c2ccn3c(C(F)(F)F)nnc3c2C)cc1CN1C[C@@H]2CCCCN2c2ncccc2S1(=O)=O. The first kappa shape index (κ1) is 32.4. The first-order valence-corrected chi connectivity index (χ1v) is 15.7. The Morgan fingerprint density at radius 3 is 2.64 bits per heavy atom. The molecule has 1 saturated heterocycles. The number of benzene rings is 1. The van der Waals surface area contributed by atoms with E-state index in [0.29, 0.717) is 28.1 Å². The highest BCUT2D eigenvalue weighted by Gasteiger charge is 2.40. The standard InChI is InChI=1S/C30H31F3N6O4S.CH4/c1-18-8-9-20(24(15-26(40)41)23-10-13-39-27(19(23)2)35-36-29(39)30(31,32)33)14-21(18)16-37-17-22-6-3-4-12-38(22)28-25(44(37,42)43)7-5-11-34-28;/h5,7-11,13-14,22,24H,3-4,6,12,15-17H2,1-2H3,(H,40,41);1H4/t22-,24?;/m0./s1. The van der Waals surface area contributed by atoms with Gasteiger partial charge in [-0.1, -0.05) is 25.6 Å². The molecule has 1 N–H and O–H groups in total. The highest BCUT2D eigenvalue weighted by Crippen LogP contribution is 2.38. The number of sulfonamides is 1. The Bertz CT molecular complexity index is 1860. The van der Waals surface area contributed by atoms with Crippen LogP contribution in [-0.2, 0) is 27.5 Å². The summed E-state index contributed by atoms with van der Waals surface area (Å²) < 4.78 is 70.7. The van der Waals surface area contributed by atoms with E-state index < -0.39 is 33.9 Å². The van der Waals surface area contributed by atoms with Crippen molar-refractivity contribution < 1.29 is 31.5 Å². The van der Waals surface area contributed by atoms with Crippen LogP contribution in [0.4, 0.5) is 19.0 Å². The molecule has 45 heavy (non-hydrogen) atoms. The number of hydrogen-bond acceptors (Lipinski definition) is 7. The molecule has 5 heterocycles. The molecule has 0 amide bonds. The van der Waals surface area contributed by atoms with Crippen molar-refractivity contribution >= 4 is 27.5 Å². The number of aryl methyl sites for hydroxylation is 2. The third-order valence-electron chi connectivity index (χ3n) is 8.68. The van der Waals surface area contributed by atoms with Crippen molar-refractivity contribution in [3.8, 4) is 0 Å². The van der Waals surface area contributed by atoms with Crippen LogP contribution in [-0.4, -0.2) is 62.5 Å². The number of carboxylic acids is 1. The maximum absolute atomic E-state index is 14.0. The lowest BCUT2D eigenvalue weighted by Gasteiger charge is -2.36. The van der Waals surface area contributed by atoms with Crippen molar-refractivity contribution in [2.45, 2.75) is 76.5 Å². The van der Waals surface area contributed by atoms with Gasteiger partial charge in [-0.25, -0.2) is 13.4 Å². The molecule has 6 rings (SSSR count). The minimum Gasteiger partial charge on any atom is -0.481 e. The Morgan fingerprint density at radius 2 is 1.91 bits per heavy atom. The number of aliphatic carboxylic acids is 1. The zero-order chi connectivity index (χ0) is 31.4. The number of pyridine rings is 2. The van der Waals surface area contributed by atoms with Crippen molar-refractivity contribution in [3.05, 3.63) is 82.4 Å². The summed E-state index contributed by atoms with van der Waals surface area (Å²) in [6.45, 7) is 4.53. The minimum atomic E-state index is -4.71. The molecule has 3 aromatic heterocycles. The number of aromatic nitrogens is 4. The highest BCUT2D eigenvalue weighted by atomic mass is 32.2. The van der Waals surface area contributed by atoms with Crippen LogP contribution in [0, 0.1) is 13.8 Å². The smallest absolute Gasteiger partial charge is 0.452 e. The van der Waals surface area contributed by atoms with Crippen LogP contribution >= 0.6 is 0 Å². The number of carbonyl (C=O) groups is 1. The Labute approximate surface area is 259 Å². The largest absolute Gasteiger partial charge is 0.481 e. The Kier molecular flexibility index (Phi) is 8.66. The maximum Gasteiger partial charge on any atom is 0.452 e. The van der Waals surface area contributed by atoms with Gasteiger partial charge >= 0.3 is 12.1 Å². The van der Waals surface area contributed by atoms with Gasteiger partial charge < -0.3 is 10.0 Å². The summed E-state index contributed by atoms with van der Waals surface area (Å²) >= 11 is 0. The fourth-order valence-electron chi connectivity index (χ4n) is 6.41. The zero-order valence-corrected chi connectivity index (χ0v) is 24.9. The quantitative estimate of drug-likeness (QED) is 0.290. The molecule has 2 atom stereocenters. The number of halogens is 3. The first-order valence-electron chi connectivity index (χ1n) is 14.3. The van der Waals surface area contributed by atoms with Crippen LogP contribution in [0.2, 0.25) is 0 Å². The zero-order valence-electron chi connectivity index (χ0n) is 24.1. The van der Waals surface area contributed by atoms with Crippen LogP contribution in [0.3, 0.4) is 0 Å². The molecule has 1 fully saturated rings. The number of anilines is 1. The van der Waals surface area contributed by atoms with E-state index >= 15 is 0 Å². The van der Waals surface area contributed by atoms with E-state index in [1.165, 1.54) is 16.6 Å². The van der Waals surface area contributed by atoms with Crippen molar-refractivity contribution in [1.82, 2.24) is 23.9 Å². The Morgan fingerprint density at radius 1 is 1.13 bits per heavy atom. The Hall–Kier alpha value is -4.04. The number of piperidine rings is 1. The predicted octanol–water partition coefficient (Wildman–Crippen LogP) is 5.57. The van der Waals surface area contributed by atoms with Crippen LogP contribution in [0.25, 0.3) is 5.65 Å². The average molecular weight is 645 g/mol. The lowest BCUT2D eigenvalue weighted by atomic mass is 9.85. The van der Waals surface area contributed by atoms with E-state index in [4.69, 9.17) is 0 Å². The van der Waals surface area contributed by atoms with Gasteiger partial charge in [-0.3, -0.25) is 9.20 Å². The molecule has 4 aromatic rings. The van der Waals surface area contributed by atoms with Gasteiger partial charge in [0, 0.05) is 44.0 Å². The second-order valence-corrected chi connectivity index (χ2v) is 13.3. The van der Waals surface area contributed by atoms with E-state index in [0.717, 1.165) is 35.8 Å². The van der Waals surface area contributed by atoms with Crippen molar-refractivity contribution in [1.29, 1.82) is 0 Å². The molecule has 2 aliphatic heterocycles. The summed E-state index contributed by atoms with van der Waals surface area (Å²) in [5.74, 6) is -2.52. The van der Waals surface area contributed by atoms with Crippen molar-refractivity contribution in [2.24, 2.45) is 0 Å². The Balaban J connectivity index is 0.00000400. The van der Waals surface area contributed by atoms with Crippen LogP contribution in [0.5, 0.6) is 0 Å². The number of carboxylic acid groups (broad SMARTS) is 1. The molecule has 0 bridgehead atoms. The average Bonchev–Trinajstić information content (AvgIpc) is 3.40. The number of nitrogens with zero attached hydrogens (tertiary/aromatic N) is 6. The number of rotatable bonds is 6. The summed E-state index contributed by atoms with van der Waals surface area (Å²) in [6, 6.07) is 10.0. The molecule has 240 valence electrons. The molecule has 0 radical (unpaired) electrons. The number of hydrogen-bond donors (Lipinski definition) is 1. The van der Waals surface area contributed by atoms with Crippen molar-refractivity contribution in [2.75, 3.05) is 18.0 Å². The fourth-order valence-corrected chi connectivity index (χ4v) is 8.02. The van der Waals surface area contributed by atoms with Gasteiger partial charge in [0.05, 0.1) is 6.42 Å². The molecule has 2 aliphatic rings. The molecular formula is C31H35F3N6O4S. The maximum atomic E-state index is 14.0. The van der Waals surface area contributed by atoms with Gasteiger partial charge in [0.25, 0.3) is 0 Å². The van der Waals surface area contributed by atoms with Crippen LogP contribution in [0.1, 0.15) is 72.7 Å². The molecule has 1 unspecified atom stereocenters. The van der Waals surface area contributed by atoms with Gasteiger partial charge in [0.15, 0.2) is 5.65 Å². The van der Waals surface area contributed by atoms with E-state index in [-0.39, 0.29) is 43.5 Å². The molecule has 0 saturated carbocycles. The molecule has 0 spiro atoms. The molecule has 14 heteroatoms. The summed E-state index contributed by atoms with van der Waals surface area (Å²) in [5, 5.41) is 16.9. The second kappa shape index (κ2) is 12.0. The normalized spacial score (nSPS) is 18.9. The first-order chi connectivity index (χ1) is 20.9. The molecular weight excluding hydrogens is 609 g/mol. The van der Waals surface area contributed by atoms with Gasteiger partial charge in [-0.2, -0.15) is 17.5 Å². The molecule has 1 aromatic carbocycles. The molecule has 10 nitrogen and oxygen atoms in total. The number of fused-ring (bicyclic) bond motifs is 4. The summed E-state index contributed by atoms with van der Waals surface area (Å²) in [5.41, 5.74) is 2.99. The van der Waals surface area contributed by atoms with Gasteiger partial charge in [-0.05, 0) is 79.1 Å². The van der Waals surface area contributed by atoms with Crippen LogP contribution < -0.4 is 4.90 Å². The summed E-state index contributed by atoms with van der Waals surface area (Å²) in [6.07, 6.45) is 0.544. The van der Waals surface area contributed by atoms with Gasteiger partial charge in [-0.15, -0.1) is 10.2 Å². The van der Waals surface area contributed by atoms with E-state index in [2.05, 4.69) is 20.1 Å². The van der Waals surface area contributed by atoms with E-state index in [1.54, 1.807) is 37.4 Å². The lowest BCUT2D eigenvalue weighted by molar-refractivity contribution is -0.145. The van der Waals surface area contributed by atoms with E-state index in [1.807, 2.05) is 13.0 Å². The molecule has 0 aliphatic carbocycles. The third-order valence-corrected chi connectivity index (χ3v) is 10.5. The monoisotopic (exact) mass is 644 g/mol. The van der Waals surface area contributed by atoms with Crippen LogP contribution in [0.15, 0.2) is 53.7 Å². The lowest BCUT2D eigenvalue weighted by Crippen LogP contribution is -2.45. The summed E-state index contributed by atoms with van der Waals surface area (Å²) in [4.78, 5) is 18.7. The topological polar surface area (TPSA) is 121 Å². The van der Waals surface area contributed by atoms with Gasteiger partial charge in [0.1, 0.15) is 10.7 Å². The summed E-state index contributed by atoms with van der Waals surface area (Å²) in [7, 11) is -3.91. The van der Waals surface area contributed by atoms with E-state index in [9.17, 15) is 31.5 Å². The third kappa shape index (κ3) is 5.88.